The van der Waals surface area contributed by atoms with Crippen LogP contribution in [0.15, 0.2) is 45.5 Å². The van der Waals surface area contributed by atoms with Gasteiger partial charge in [-0.25, -0.2) is 0 Å². The first-order valence-corrected chi connectivity index (χ1v) is 7.79. The molecule has 0 aliphatic rings. The molecule has 2 rings (SSSR count). The summed E-state index contributed by atoms with van der Waals surface area (Å²) in [5.41, 5.74) is 0.683. The molecule has 1 aromatic carbocycles. The van der Waals surface area contributed by atoms with Gasteiger partial charge in [-0.3, -0.25) is 10.1 Å². The van der Waals surface area contributed by atoms with Crippen LogP contribution in [0.2, 0.25) is 0 Å². The molecule has 0 atom stereocenters. The Kier molecular flexibility index (Phi) is 5.57. The number of para-hydroxylation sites is 2. The van der Waals surface area contributed by atoms with E-state index in [1.165, 1.54) is 0 Å². The smallest absolute Gasteiger partial charge is 0.293 e. The Balaban J connectivity index is 2.02. The van der Waals surface area contributed by atoms with Gasteiger partial charge in [0.25, 0.3) is 5.91 Å². The van der Waals surface area contributed by atoms with Gasteiger partial charge in [-0.1, -0.05) is 12.1 Å². The summed E-state index contributed by atoms with van der Waals surface area (Å²) < 4.78 is 11.3. The zero-order chi connectivity index (χ0) is 16.1. The van der Waals surface area contributed by atoms with E-state index in [9.17, 15) is 4.79 Å². The third kappa shape index (κ3) is 4.57. The van der Waals surface area contributed by atoms with E-state index in [1.54, 1.807) is 12.1 Å². The molecule has 22 heavy (non-hydrogen) atoms. The lowest BCUT2D eigenvalue weighted by Crippen LogP contribution is -2.34. The third-order valence-corrected chi connectivity index (χ3v) is 3.15. The predicted octanol–water partition coefficient (Wildman–Crippen LogP) is 3.96. The number of hydrogen-bond acceptors (Lipinski definition) is 4. The minimum Gasteiger partial charge on any atom is -0.489 e. The average molecular weight is 383 g/mol. The van der Waals surface area contributed by atoms with E-state index in [0.29, 0.717) is 16.1 Å². The molecule has 0 unspecified atom stereocenters. The van der Waals surface area contributed by atoms with Crippen molar-refractivity contribution in [3.8, 4) is 5.75 Å². The molecular formula is C15H15BrN2O3S. The zero-order valence-electron chi connectivity index (χ0n) is 12.1. The fraction of sp³-hybridized carbons (Fsp3) is 0.200. The Morgan fingerprint density at radius 1 is 1.27 bits per heavy atom. The van der Waals surface area contributed by atoms with Crippen LogP contribution in [0.5, 0.6) is 5.75 Å². The number of carbonyl (C=O) groups is 1. The second-order valence-corrected chi connectivity index (χ2v) is 5.86. The second kappa shape index (κ2) is 7.42. The Labute approximate surface area is 142 Å². The van der Waals surface area contributed by atoms with Gasteiger partial charge in [0, 0.05) is 0 Å². The Bertz CT molecular complexity index is 685. The molecule has 0 spiro atoms. The summed E-state index contributed by atoms with van der Waals surface area (Å²) in [4.78, 5) is 11.9. The van der Waals surface area contributed by atoms with Gasteiger partial charge >= 0.3 is 0 Å². The van der Waals surface area contributed by atoms with E-state index >= 15 is 0 Å². The van der Waals surface area contributed by atoms with E-state index in [0.717, 1.165) is 0 Å². The molecule has 0 bridgehead atoms. The number of thiocarbonyl (C=S) groups is 1. The van der Waals surface area contributed by atoms with Crippen molar-refractivity contribution in [2.75, 3.05) is 5.32 Å². The summed E-state index contributed by atoms with van der Waals surface area (Å²) in [7, 11) is 0. The van der Waals surface area contributed by atoms with Crippen LogP contribution in [0.4, 0.5) is 5.69 Å². The van der Waals surface area contributed by atoms with Crippen molar-refractivity contribution in [2.24, 2.45) is 0 Å². The monoisotopic (exact) mass is 382 g/mol. The number of anilines is 1. The quantitative estimate of drug-likeness (QED) is 0.783. The van der Waals surface area contributed by atoms with E-state index in [4.69, 9.17) is 21.4 Å². The van der Waals surface area contributed by atoms with Crippen molar-refractivity contribution >= 4 is 44.9 Å². The largest absolute Gasteiger partial charge is 0.489 e. The number of halogens is 1. The van der Waals surface area contributed by atoms with Crippen LogP contribution >= 0.6 is 28.1 Å². The minimum atomic E-state index is -0.426. The fourth-order valence-electron chi connectivity index (χ4n) is 1.68. The highest BCUT2D eigenvalue weighted by Gasteiger charge is 2.13. The molecule has 2 aromatic rings. The van der Waals surface area contributed by atoms with Crippen molar-refractivity contribution in [3.05, 3.63) is 46.8 Å². The summed E-state index contributed by atoms with van der Waals surface area (Å²) in [5.74, 6) is 0.406. The average Bonchev–Trinajstić information content (AvgIpc) is 2.87. The molecule has 5 nitrogen and oxygen atoms in total. The van der Waals surface area contributed by atoms with Crippen LogP contribution in [0.1, 0.15) is 24.4 Å². The topological polar surface area (TPSA) is 63.5 Å². The third-order valence-electron chi connectivity index (χ3n) is 2.52. The van der Waals surface area contributed by atoms with Gasteiger partial charge in [0.2, 0.25) is 0 Å². The summed E-state index contributed by atoms with van der Waals surface area (Å²) in [6, 6.07) is 10.6. The summed E-state index contributed by atoms with van der Waals surface area (Å²) in [6.45, 7) is 3.87. The molecule has 0 aliphatic carbocycles. The van der Waals surface area contributed by atoms with E-state index in [1.807, 2.05) is 38.1 Å². The van der Waals surface area contributed by atoms with Crippen LogP contribution < -0.4 is 15.4 Å². The van der Waals surface area contributed by atoms with Gasteiger partial charge in [-0.2, -0.15) is 0 Å². The number of rotatable bonds is 4. The van der Waals surface area contributed by atoms with Gasteiger partial charge in [0.05, 0.1) is 11.8 Å². The maximum absolute atomic E-state index is 11.9. The number of carbonyl (C=O) groups excluding carboxylic acids is 1. The number of furan rings is 1. The highest BCUT2D eigenvalue weighted by atomic mass is 79.9. The molecule has 1 amide bonds. The Morgan fingerprint density at radius 3 is 2.64 bits per heavy atom. The number of nitrogens with one attached hydrogen (secondary N) is 2. The molecule has 0 saturated heterocycles. The molecule has 0 aliphatic heterocycles. The van der Waals surface area contributed by atoms with Crippen LogP contribution in [0.3, 0.4) is 0 Å². The molecule has 1 aromatic heterocycles. The number of amides is 1. The SMILES string of the molecule is CC(C)Oc1ccccc1NC(=S)NC(=O)c1ccc(Br)o1. The summed E-state index contributed by atoms with van der Waals surface area (Å²) in [5, 5.41) is 5.66. The lowest BCUT2D eigenvalue weighted by atomic mass is 10.3. The van der Waals surface area contributed by atoms with Gasteiger partial charge in [-0.15, -0.1) is 0 Å². The first-order chi connectivity index (χ1) is 10.5. The Morgan fingerprint density at radius 2 is 2.00 bits per heavy atom. The summed E-state index contributed by atoms with van der Waals surface area (Å²) >= 11 is 8.28. The predicted molar refractivity (Wildman–Crippen MR) is 92.3 cm³/mol. The lowest BCUT2D eigenvalue weighted by molar-refractivity contribution is 0.0949. The fourth-order valence-corrected chi connectivity index (χ4v) is 2.19. The van der Waals surface area contributed by atoms with Gasteiger partial charge < -0.3 is 14.5 Å². The molecule has 7 heteroatoms. The van der Waals surface area contributed by atoms with Crippen molar-refractivity contribution in [1.82, 2.24) is 5.32 Å². The van der Waals surface area contributed by atoms with Crippen molar-refractivity contribution in [2.45, 2.75) is 20.0 Å². The van der Waals surface area contributed by atoms with Gasteiger partial charge in [0.1, 0.15) is 5.75 Å². The summed E-state index contributed by atoms with van der Waals surface area (Å²) in [6.07, 6.45) is 0.0339. The van der Waals surface area contributed by atoms with Crippen molar-refractivity contribution in [3.63, 3.8) is 0 Å². The van der Waals surface area contributed by atoms with Crippen molar-refractivity contribution < 1.29 is 13.9 Å². The molecular weight excluding hydrogens is 368 g/mol. The first-order valence-electron chi connectivity index (χ1n) is 6.59. The highest BCUT2D eigenvalue weighted by Crippen LogP contribution is 2.24. The maximum Gasteiger partial charge on any atom is 0.293 e. The molecule has 0 saturated carbocycles. The van der Waals surface area contributed by atoms with E-state index < -0.39 is 5.91 Å². The van der Waals surface area contributed by atoms with Crippen LogP contribution in [0, 0.1) is 0 Å². The van der Waals surface area contributed by atoms with Gasteiger partial charge in [-0.05, 0) is 66.3 Å². The highest BCUT2D eigenvalue weighted by molar-refractivity contribution is 9.10. The zero-order valence-corrected chi connectivity index (χ0v) is 14.5. The van der Waals surface area contributed by atoms with E-state index in [2.05, 4.69) is 26.6 Å². The van der Waals surface area contributed by atoms with Crippen molar-refractivity contribution in [1.29, 1.82) is 0 Å². The first kappa shape index (κ1) is 16.5. The maximum atomic E-state index is 11.9. The second-order valence-electron chi connectivity index (χ2n) is 4.67. The molecule has 1 heterocycles. The Hall–Kier alpha value is -1.86. The van der Waals surface area contributed by atoms with Crippen LogP contribution in [0.25, 0.3) is 0 Å². The molecule has 2 N–H and O–H groups in total. The number of hydrogen-bond donors (Lipinski definition) is 2. The van der Waals surface area contributed by atoms with Gasteiger partial charge in [0.15, 0.2) is 15.5 Å². The molecule has 116 valence electrons. The molecule has 0 radical (unpaired) electrons. The number of ether oxygens (including phenoxy) is 1. The number of benzene rings is 1. The molecule has 0 fully saturated rings. The van der Waals surface area contributed by atoms with E-state index in [-0.39, 0.29) is 17.0 Å². The normalized spacial score (nSPS) is 10.4. The lowest BCUT2D eigenvalue weighted by Gasteiger charge is -2.15. The minimum absolute atomic E-state index is 0.0339. The van der Waals surface area contributed by atoms with Crippen LogP contribution in [-0.4, -0.2) is 17.1 Å². The van der Waals surface area contributed by atoms with Crippen LogP contribution in [-0.2, 0) is 0 Å². The standard InChI is InChI=1S/C15H15BrN2O3S/c1-9(2)20-11-6-4-3-5-10(11)17-15(22)18-14(19)12-7-8-13(16)21-12/h3-9H,1-2H3,(H2,17,18,19,22).